The van der Waals surface area contributed by atoms with Crippen LogP contribution in [0.5, 0.6) is 0 Å². The van der Waals surface area contributed by atoms with E-state index in [9.17, 15) is 0 Å². The normalized spacial score (nSPS) is 28.0. The highest BCUT2D eigenvalue weighted by Gasteiger charge is 2.18. The van der Waals surface area contributed by atoms with Crippen LogP contribution in [0.2, 0.25) is 0 Å². The highest BCUT2D eigenvalue weighted by atomic mass is 14.6. The van der Waals surface area contributed by atoms with Gasteiger partial charge in [-0.2, -0.15) is 0 Å². The van der Waals surface area contributed by atoms with E-state index in [1.165, 1.54) is 25.7 Å². The van der Waals surface area contributed by atoms with E-state index in [0.29, 0.717) is 6.04 Å². The lowest BCUT2D eigenvalue weighted by molar-refractivity contribution is 0.327. The Hall–Kier alpha value is -0.480. The molecule has 1 fully saturated rings. The summed E-state index contributed by atoms with van der Waals surface area (Å²) in [4.78, 5) is 0. The first-order chi connectivity index (χ1) is 6.47. The van der Waals surface area contributed by atoms with Gasteiger partial charge in [-0.05, 0) is 46.0 Å². The van der Waals surface area contributed by atoms with Gasteiger partial charge in [-0.3, -0.25) is 0 Å². The molecule has 80 valence electrons. The Bertz CT molecular complexity index is 226. The fourth-order valence-corrected chi connectivity index (χ4v) is 1.98. The van der Waals surface area contributed by atoms with Crippen molar-refractivity contribution >= 4 is 0 Å². The van der Waals surface area contributed by atoms with Crippen LogP contribution in [0.3, 0.4) is 0 Å². The molecule has 0 aromatic rings. The number of nitrogens with two attached hydrogens (primary N) is 1. The lowest BCUT2D eigenvalue weighted by atomic mass is 9.84. The van der Waals surface area contributed by atoms with Crippen LogP contribution in [0, 0.1) is 23.2 Å². The Balaban J connectivity index is 2.33. The van der Waals surface area contributed by atoms with E-state index in [0.717, 1.165) is 12.3 Å². The van der Waals surface area contributed by atoms with Gasteiger partial charge in [-0.1, -0.05) is 12.3 Å². The molecule has 0 spiro atoms. The van der Waals surface area contributed by atoms with Gasteiger partial charge in [0, 0.05) is 17.9 Å². The third kappa shape index (κ3) is 4.67. The van der Waals surface area contributed by atoms with E-state index in [2.05, 4.69) is 32.6 Å². The van der Waals surface area contributed by atoms with Gasteiger partial charge in [-0.15, -0.1) is 5.92 Å². The molecule has 1 heteroatoms. The van der Waals surface area contributed by atoms with E-state index in [-0.39, 0.29) is 5.41 Å². The molecule has 0 radical (unpaired) electrons. The third-order valence-electron chi connectivity index (χ3n) is 2.68. The van der Waals surface area contributed by atoms with Crippen molar-refractivity contribution in [2.75, 3.05) is 0 Å². The smallest absolute Gasteiger partial charge is 0.0230 e. The summed E-state index contributed by atoms with van der Waals surface area (Å²) in [6.45, 7) is 6.48. The molecule has 14 heavy (non-hydrogen) atoms. The lowest BCUT2D eigenvalue weighted by Gasteiger charge is -2.24. The number of hydrogen-bond acceptors (Lipinski definition) is 1. The van der Waals surface area contributed by atoms with Crippen LogP contribution in [-0.2, 0) is 0 Å². The molecule has 0 aliphatic heterocycles. The molecular formula is C13H23N. The SMILES string of the molecule is CC(C)(C)C#CCC1CCCC(N)C1. The molecule has 2 unspecified atom stereocenters. The monoisotopic (exact) mass is 193 g/mol. The van der Waals surface area contributed by atoms with Crippen molar-refractivity contribution in [3.8, 4) is 11.8 Å². The van der Waals surface area contributed by atoms with Gasteiger partial charge < -0.3 is 5.73 Å². The zero-order valence-electron chi connectivity index (χ0n) is 9.77. The zero-order valence-corrected chi connectivity index (χ0v) is 9.77. The molecule has 0 amide bonds. The van der Waals surface area contributed by atoms with E-state index >= 15 is 0 Å². The van der Waals surface area contributed by atoms with Gasteiger partial charge in [0.15, 0.2) is 0 Å². The minimum atomic E-state index is 0.150. The highest BCUT2D eigenvalue weighted by Crippen LogP contribution is 2.25. The average molecular weight is 193 g/mol. The quantitative estimate of drug-likeness (QED) is 0.637. The molecule has 2 atom stereocenters. The van der Waals surface area contributed by atoms with Crippen molar-refractivity contribution in [2.45, 2.75) is 58.9 Å². The van der Waals surface area contributed by atoms with Crippen LogP contribution >= 0.6 is 0 Å². The Morgan fingerprint density at radius 3 is 2.57 bits per heavy atom. The topological polar surface area (TPSA) is 26.0 Å². The molecule has 1 rings (SSSR count). The summed E-state index contributed by atoms with van der Waals surface area (Å²) in [6.07, 6.45) is 6.06. The Morgan fingerprint density at radius 2 is 2.00 bits per heavy atom. The second kappa shape index (κ2) is 4.84. The first kappa shape index (κ1) is 11.6. The molecule has 1 saturated carbocycles. The van der Waals surface area contributed by atoms with E-state index in [1.807, 2.05) is 0 Å². The molecule has 1 aliphatic rings. The minimum Gasteiger partial charge on any atom is -0.328 e. The van der Waals surface area contributed by atoms with E-state index in [1.54, 1.807) is 0 Å². The number of rotatable bonds is 1. The van der Waals surface area contributed by atoms with Gasteiger partial charge in [0.1, 0.15) is 0 Å². The molecule has 1 nitrogen and oxygen atoms in total. The van der Waals surface area contributed by atoms with Crippen molar-refractivity contribution in [1.29, 1.82) is 0 Å². The standard InChI is InChI=1S/C13H23N/c1-13(2,3)9-5-7-11-6-4-8-12(14)10-11/h11-12H,4,6-8,10,14H2,1-3H3. The first-order valence-electron chi connectivity index (χ1n) is 5.73. The Kier molecular flexibility index (Phi) is 4.01. The maximum Gasteiger partial charge on any atom is 0.0230 e. The Morgan fingerprint density at radius 1 is 1.29 bits per heavy atom. The van der Waals surface area contributed by atoms with Gasteiger partial charge in [0.2, 0.25) is 0 Å². The average Bonchev–Trinajstić information content (AvgIpc) is 2.01. The molecule has 0 aromatic heterocycles. The van der Waals surface area contributed by atoms with Gasteiger partial charge in [0.25, 0.3) is 0 Å². The van der Waals surface area contributed by atoms with Crippen molar-refractivity contribution < 1.29 is 0 Å². The van der Waals surface area contributed by atoms with Crippen molar-refractivity contribution in [3.63, 3.8) is 0 Å². The fourth-order valence-electron chi connectivity index (χ4n) is 1.98. The summed E-state index contributed by atoms with van der Waals surface area (Å²) in [5.41, 5.74) is 6.08. The summed E-state index contributed by atoms with van der Waals surface area (Å²) in [5.74, 6) is 7.36. The fraction of sp³-hybridized carbons (Fsp3) is 0.846. The van der Waals surface area contributed by atoms with Crippen molar-refractivity contribution in [1.82, 2.24) is 0 Å². The van der Waals surface area contributed by atoms with Crippen LogP contribution in [0.4, 0.5) is 0 Å². The second-order valence-electron chi connectivity index (χ2n) is 5.55. The molecule has 1 aliphatic carbocycles. The Labute approximate surface area is 88.5 Å². The second-order valence-corrected chi connectivity index (χ2v) is 5.55. The number of hydrogen-bond donors (Lipinski definition) is 1. The first-order valence-corrected chi connectivity index (χ1v) is 5.73. The summed E-state index contributed by atoms with van der Waals surface area (Å²) in [7, 11) is 0. The highest BCUT2D eigenvalue weighted by molar-refractivity contribution is 5.08. The van der Waals surface area contributed by atoms with Gasteiger partial charge in [0.05, 0.1) is 0 Å². The van der Waals surface area contributed by atoms with Gasteiger partial charge in [-0.25, -0.2) is 0 Å². The van der Waals surface area contributed by atoms with Crippen LogP contribution in [0.1, 0.15) is 52.9 Å². The largest absolute Gasteiger partial charge is 0.328 e. The molecule has 0 bridgehead atoms. The van der Waals surface area contributed by atoms with E-state index < -0.39 is 0 Å². The minimum absolute atomic E-state index is 0.150. The lowest BCUT2D eigenvalue weighted by Crippen LogP contribution is -2.27. The van der Waals surface area contributed by atoms with Crippen molar-refractivity contribution in [3.05, 3.63) is 0 Å². The molecule has 0 heterocycles. The molecule has 0 aromatic carbocycles. The molecule has 0 saturated heterocycles. The van der Waals surface area contributed by atoms with Crippen LogP contribution in [-0.4, -0.2) is 6.04 Å². The maximum absolute atomic E-state index is 5.93. The van der Waals surface area contributed by atoms with Crippen molar-refractivity contribution in [2.24, 2.45) is 17.1 Å². The summed E-state index contributed by atoms with van der Waals surface area (Å²) in [6, 6.07) is 0.435. The zero-order chi connectivity index (χ0) is 10.6. The third-order valence-corrected chi connectivity index (χ3v) is 2.68. The van der Waals surface area contributed by atoms with Crippen LogP contribution in [0.25, 0.3) is 0 Å². The summed E-state index contributed by atoms with van der Waals surface area (Å²) in [5, 5.41) is 0. The van der Waals surface area contributed by atoms with Gasteiger partial charge >= 0.3 is 0 Å². The van der Waals surface area contributed by atoms with Crippen LogP contribution in [0.15, 0.2) is 0 Å². The predicted molar refractivity (Wildman–Crippen MR) is 61.8 cm³/mol. The molecule has 2 N–H and O–H groups in total. The summed E-state index contributed by atoms with van der Waals surface area (Å²) < 4.78 is 0. The maximum atomic E-state index is 5.93. The van der Waals surface area contributed by atoms with Crippen LogP contribution < -0.4 is 5.73 Å². The molecular weight excluding hydrogens is 170 g/mol. The van der Waals surface area contributed by atoms with E-state index in [4.69, 9.17) is 5.73 Å². The predicted octanol–water partition coefficient (Wildman–Crippen LogP) is 2.94. The summed E-state index contributed by atoms with van der Waals surface area (Å²) >= 11 is 0.